The van der Waals surface area contributed by atoms with Crippen molar-refractivity contribution in [2.45, 2.75) is 33.6 Å². The molecule has 1 saturated heterocycles. The summed E-state index contributed by atoms with van der Waals surface area (Å²) in [4.78, 5) is 25.4. The maximum Gasteiger partial charge on any atom is 0.293 e. The van der Waals surface area contributed by atoms with E-state index in [1.54, 1.807) is 0 Å². The molecule has 4 nitrogen and oxygen atoms in total. The van der Waals surface area contributed by atoms with Gasteiger partial charge < -0.3 is 4.57 Å². The highest BCUT2D eigenvalue weighted by Crippen LogP contribution is 2.32. The Morgan fingerprint density at radius 3 is 2.24 bits per heavy atom. The molecule has 1 aromatic heterocycles. The standard InChI is InChI=1S/C20H22N2O2S/c1-12(2)15-6-8-17(9-7-15)22-13(3)10-16(14(22)4)11-18-19(23)21(5)20(24)25-18/h6-12H,1-5H3/b18-11-. The average molecular weight is 354 g/mol. The van der Waals surface area contributed by atoms with Gasteiger partial charge in [0.2, 0.25) is 0 Å². The molecule has 1 fully saturated rings. The van der Waals surface area contributed by atoms with E-state index in [1.807, 2.05) is 19.9 Å². The Morgan fingerprint density at radius 2 is 1.72 bits per heavy atom. The highest BCUT2D eigenvalue weighted by molar-refractivity contribution is 8.18. The fourth-order valence-electron chi connectivity index (χ4n) is 3.03. The number of hydrogen-bond acceptors (Lipinski definition) is 3. The zero-order chi connectivity index (χ0) is 18.3. The molecule has 0 spiro atoms. The van der Waals surface area contributed by atoms with Crippen LogP contribution in [0.3, 0.4) is 0 Å². The summed E-state index contributed by atoms with van der Waals surface area (Å²) in [6, 6.07) is 10.6. The molecule has 0 saturated carbocycles. The fraction of sp³-hybridized carbons (Fsp3) is 0.300. The van der Waals surface area contributed by atoms with E-state index in [0.717, 1.165) is 39.3 Å². The molecule has 0 atom stereocenters. The van der Waals surface area contributed by atoms with E-state index in [-0.39, 0.29) is 11.1 Å². The van der Waals surface area contributed by atoms with Crippen molar-refractivity contribution in [1.29, 1.82) is 0 Å². The van der Waals surface area contributed by atoms with Crippen LogP contribution < -0.4 is 0 Å². The summed E-state index contributed by atoms with van der Waals surface area (Å²) in [6.07, 6.45) is 1.82. The number of aryl methyl sites for hydroxylation is 1. The van der Waals surface area contributed by atoms with Crippen LogP contribution in [0.4, 0.5) is 4.79 Å². The quantitative estimate of drug-likeness (QED) is 0.738. The Kier molecular flexibility index (Phi) is 4.60. The number of rotatable bonds is 3. The van der Waals surface area contributed by atoms with Gasteiger partial charge in [-0.15, -0.1) is 0 Å². The number of likely N-dealkylation sites (N-methyl/N-ethyl adjacent to an activating group) is 1. The highest BCUT2D eigenvalue weighted by atomic mass is 32.2. The number of nitrogens with zero attached hydrogens (tertiary/aromatic N) is 2. The van der Waals surface area contributed by atoms with Gasteiger partial charge in [0.25, 0.3) is 11.1 Å². The van der Waals surface area contributed by atoms with Gasteiger partial charge in [0.15, 0.2) is 0 Å². The SMILES string of the molecule is Cc1cc(/C=C2\SC(=O)N(C)C2=O)c(C)n1-c1ccc(C(C)C)cc1. The van der Waals surface area contributed by atoms with Gasteiger partial charge in [-0.05, 0) is 66.9 Å². The minimum atomic E-state index is -0.235. The lowest BCUT2D eigenvalue weighted by atomic mass is 10.0. The van der Waals surface area contributed by atoms with Gasteiger partial charge in [-0.2, -0.15) is 0 Å². The van der Waals surface area contributed by atoms with E-state index in [2.05, 4.69) is 48.7 Å². The summed E-state index contributed by atoms with van der Waals surface area (Å²) >= 11 is 0.991. The van der Waals surface area contributed by atoms with Crippen molar-refractivity contribution >= 4 is 29.0 Å². The Morgan fingerprint density at radius 1 is 1.08 bits per heavy atom. The molecule has 2 amide bonds. The first kappa shape index (κ1) is 17.5. The minimum absolute atomic E-state index is 0.227. The predicted molar refractivity (Wildman–Crippen MR) is 103 cm³/mol. The maximum absolute atomic E-state index is 12.1. The topological polar surface area (TPSA) is 42.3 Å². The van der Waals surface area contributed by atoms with Crippen LogP contribution in [0.2, 0.25) is 0 Å². The summed E-state index contributed by atoms with van der Waals surface area (Å²) < 4.78 is 2.17. The number of benzene rings is 1. The third-order valence-corrected chi connectivity index (χ3v) is 5.52. The van der Waals surface area contributed by atoms with Crippen molar-refractivity contribution in [3.8, 4) is 5.69 Å². The Hall–Kier alpha value is -2.27. The smallest absolute Gasteiger partial charge is 0.293 e. The van der Waals surface area contributed by atoms with Crippen molar-refractivity contribution < 1.29 is 9.59 Å². The van der Waals surface area contributed by atoms with Crippen LogP contribution in [-0.2, 0) is 4.79 Å². The summed E-state index contributed by atoms with van der Waals surface area (Å²) in [7, 11) is 1.51. The first-order chi connectivity index (χ1) is 11.8. The molecule has 0 bridgehead atoms. The summed E-state index contributed by atoms with van der Waals surface area (Å²) in [5.74, 6) is 0.266. The molecule has 1 aliphatic rings. The normalized spacial score (nSPS) is 16.6. The second kappa shape index (κ2) is 6.56. The Labute approximate surface area is 152 Å². The molecule has 2 aromatic rings. The minimum Gasteiger partial charge on any atom is -0.318 e. The summed E-state index contributed by atoms with van der Waals surface area (Å²) in [5.41, 5.74) is 5.52. The first-order valence-electron chi connectivity index (χ1n) is 8.30. The largest absolute Gasteiger partial charge is 0.318 e. The predicted octanol–water partition coefficient (Wildman–Crippen LogP) is 4.88. The van der Waals surface area contributed by atoms with Crippen molar-refractivity contribution in [3.05, 3.63) is 57.8 Å². The van der Waals surface area contributed by atoms with Gasteiger partial charge in [-0.3, -0.25) is 14.5 Å². The number of amides is 2. The van der Waals surface area contributed by atoms with Gasteiger partial charge in [-0.1, -0.05) is 26.0 Å². The lowest BCUT2D eigenvalue weighted by Crippen LogP contribution is -2.22. The van der Waals surface area contributed by atoms with Crippen LogP contribution in [0.5, 0.6) is 0 Å². The molecule has 25 heavy (non-hydrogen) atoms. The molecule has 1 aliphatic heterocycles. The third kappa shape index (κ3) is 3.16. The second-order valence-electron chi connectivity index (χ2n) is 6.65. The summed E-state index contributed by atoms with van der Waals surface area (Å²) in [5, 5.41) is -0.227. The lowest BCUT2D eigenvalue weighted by molar-refractivity contribution is -0.121. The van der Waals surface area contributed by atoms with E-state index in [1.165, 1.54) is 12.6 Å². The third-order valence-electron chi connectivity index (χ3n) is 4.56. The van der Waals surface area contributed by atoms with Crippen molar-refractivity contribution in [1.82, 2.24) is 9.47 Å². The first-order valence-corrected chi connectivity index (χ1v) is 9.12. The van der Waals surface area contributed by atoms with E-state index in [9.17, 15) is 9.59 Å². The van der Waals surface area contributed by atoms with E-state index in [4.69, 9.17) is 0 Å². The molecule has 5 heteroatoms. The number of carbonyl (C=O) groups excluding carboxylic acids is 2. The molecule has 130 valence electrons. The molecular weight excluding hydrogens is 332 g/mol. The number of hydrogen-bond donors (Lipinski definition) is 0. The van der Waals surface area contributed by atoms with Crippen molar-refractivity contribution in [3.63, 3.8) is 0 Å². The summed E-state index contributed by atoms with van der Waals surface area (Å²) in [6.45, 7) is 8.44. The van der Waals surface area contributed by atoms with Crippen molar-refractivity contribution in [2.24, 2.45) is 0 Å². The molecule has 3 rings (SSSR count). The van der Waals surface area contributed by atoms with E-state index in [0.29, 0.717) is 10.8 Å². The van der Waals surface area contributed by atoms with Crippen LogP contribution in [0, 0.1) is 13.8 Å². The fourth-order valence-corrected chi connectivity index (χ4v) is 3.84. The zero-order valence-corrected chi connectivity index (χ0v) is 16.0. The second-order valence-corrected chi connectivity index (χ2v) is 7.64. The number of carbonyl (C=O) groups is 2. The van der Waals surface area contributed by atoms with Crippen LogP contribution in [0.1, 0.15) is 42.3 Å². The average Bonchev–Trinajstić information content (AvgIpc) is 2.98. The maximum atomic E-state index is 12.1. The molecule has 0 radical (unpaired) electrons. The van der Waals surface area contributed by atoms with Gasteiger partial charge in [0.1, 0.15) is 0 Å². The van der Waals surface area contributed by atoms with Crippen LogP contribution in [-0.4, -0.2) is 27.7 Å². The van der Waals surface area contributed by atoms with Crippen LogP contribution >= 0.6 is 11.8 Å². The Bertz CT molecular complexity index is 876. The Balaban J connectivity index is 1.99. The van der Waals surface area contributed by atoms with Crippen molar-refractivity contribution in [2.75, 3.05) is 7.05 Å². The molecule has 0 aliphatic carbocycles. The van der Waals surface area contributed by atoms with Crippen LogP contribution in [0.25, 0.3) is 11.8 Å². The molecule has 1 aromatic carbocycles. The number of imide groups is 1. The monoisotopic (exact) mass is 354 g/mol. The van der Waals surface area contributed by atoms with E-state index >= 15 is 0 Å². The molecular formula is C20H22N2O2S. The van der Waals surface area contributed by atoms with Crippen LogP contribution in [0.15, 0.2) is 35.2 Å². The molecule has 2 heterocycles. The highest BCUT2D eigenvalue weighted by Gasteiger charge is 2.32. The van der Waals surface area contributed by atoms with Gasteiger partial charge in [0, 0.05) is 24.1 Å². The van der Waals surface area contributed by atoms with Gasteiger partial charge >= 0.3 is 0 Å². The number of aromatic nitrogens is 1. The van der Waals surface area contributed by atoms with Gasteiger partial charge in [-0.25, -0.2) is 0 Å². The van der Waals surface area contributed by atoms with E-state index < -0.39 is 0 Å². The lowest BCUT2D eigenvalue weighted by Gasteiger charge is -2.12. The molecule has 0 unspecified atom stereocenters. The zero-order valence-electron chi connectivity index (χ0n) is 15.2. The molecule has 0 N–H and O–H groups in total. The van der Waals surface area contributed by atoms with Gasteiger partial charge in [0.05, 0.1) is 4.91 Å². The number of thioether (sulfide) groups is 1.